The van der Waals surface area contributed by atoms with Crippen molar-refractivity contribution in [1.29, 1.82) is 0 Å². The van der Waals surface area contributed by atoms with Crippen molar-refractivity contribution in [3.8, 4) is 11.4 Å². The van der Waals surface area contributed by atoms with Gasteiger partial charge in [-0.1, -0.05) is 19.1 Å². The molecule has 3 aromatic rings. The Labute approximate surface area is 161 Å². The topological polar surface area (TPSA) is 73.1 Å². The van der Waals surface area contributed by atoms with Gasteiger partial charge in [0.15, 0.2) is 6.61 Å². The molecule has 7 nitrogen and oxygen atoms in total. The molecule has 2 heterocycles. The van der Waals surface area contributed by atoms with E-state index >= 15 is 0 Å². The van der Waals surface area contributed by atoms with Gasteiger partial charge in [-0.15, -0.1) is 16.9 Å². The van der Waals surface area contributed by atoms with Crippen LogP contribution >= 0.6 is 11.8 Å². The number of hydrogen-bond acceptors (Lipinski definition) is 6. The number of amides is 1. The lowest BCUT2D eigenvalue weighted by atomic mass is 10.2. The first-order valence-corrected chi connectivity index (χ1v) is 9.61. The Hall–Kier alpha value is -2.87. The van der Waals surface area contributed by atoms with Gasteiger partial charge in [0.1, 0.15) is 12.1 Å². The van der Waals surface area contributed by atoms with Crippen molar-refractivity contribution in [3.05, 3.63) is 54.9 Å². The fourth-order valence-corrected chi connectivity index (χ4v) is 4.06. The number of aromatic nitrogens is 4. The van der Waals surface area contributed by atoms with Crippen molar-refractivity contribution < 1.29 is 9.53 Å². The van der Waals surface area contributed by atoms with Gasteiger partial charge in [0.25, 0.3) is 5.91 Å². The molecule has 0 bridgehead atoms. The lowest BCUT2D eigenvalue weighted by Crippen LogP contribution is -2.36. The van der Waals surface area contributed by atoms with E-state index in [1.807, 2.05) is 47.0 Å². The van der Waals surface area contributed by atoms with Gasteiger partial charge in [0, 0.05) is 16.7 Å². The van der Waals surface area contributed by atoms with Crippen LogP contribution in [0.25, 0.3) is 5.69 Å². The van der Waals surface area contributed by atoms with Gasteiger partial charge in [-0.2, -0.15) is 0 Å². The second kappa shape index (κ2) is 7.79. The first-order valence-electron chi connectivity index (χ1n) is 8.73. The summed E-state index contributed by atoms with van der Waals surface area (Å²) in [6.45, 7) is 2.89. The van der Waals surface area contributed by atoms with E-state index < -0.39 is 0 Å². The molecule has 0 N–H and O–H groups in total. The average Bonchev–Trinajstić information content (AvgIpc) is 3.17. The molecule has 0 spiro atoms. The third-order valence-electron chi connectivity index (χ3n) is 4.36. The average molecular weight is 381 g/mol. The van der Waals surface area contributed by atoms with Gasteiger partial charge in [-0.3, -0.25) is 4.79 Å². The maximum Gasteiger partial charge on any atom is 0.264 e. The Morgan fingerprint density at radius 1 is 1.22 bits per heavy atom. The molecule has 0 saturated heterocycles. The molecule has 1 amide bonds. The summed E-state index contributed by atoms with van der Waals surface area (Å²) in [5.74, 6) is 0.590. The van der Waals surface area contributed by atoms with Gasteiger partial charge in [-0.05, 0) is 53.2 Å². The maximum atomic E-state index is 12.8. The van der Waals surface area contributed by atoms with E-state index in [4.69, 9.17) is 4.74 Å². The number of hydrogen-bond donors (Lipinski definition) is 0. The minimum Gasteiger partial charge on any atom is -0.484 e. The lowest BCUT2D eigenvalue weighted by Gasteiger charge is -2.22. The Balaban J connectivity index is 1.43. The van der Waals surface area contributed by atoms with Crippen LogP contribution in [0.4, 0.5) is 5.69 Å². The van der Waals surface area contributed by atoms with E-state index in [1.165, 1.54) is 6.33 Å². The first kappa shape index (κ1) is 17.5. The van der Waals surface area contributed by atoms with E-state index in [1.54, 1.807) is 16.8 Å². The van der Waals surface area contributed by atoms with E-state index in [9.17, 15) is 4.79 Å². The fourth-order valence-electron chi connectivity index (χ4n) is 2.94. The highest BCUT2D eigenvalue weighted by atomic mass is 32.2. The summed E-state index contributed by atoms with van der Waals surface area (Å²) in [6, 6.07) is 15.3. The van der Waals surface area contributed by atoms with Crippen LogP contribution in [-0.4, -0.2) is 44.5 Å². The number of ether oxygens (including phenoxy) is 1. The van der Waals surface area contributed by atoms with Crippen molar-refractivity contribution in [2.45, 2.75) is 23.5 Å². The molecule has 1 aliphatic rings. The predicted octanol–water partition coefficient (Wildman–Crippen LogP) is 2.96. The van der Waals surface area contributed by atoms with Gasteiger partial charge in [0.2, 0.25) is 0 Å². The van der Waals surface area contributed by atoms with Crippen LogP contribution in [0.5, 0.6) is 5.75 Å². The summed E-state index contributed by atoms with van der Waals surface area (Å²) in [5, 5.41) is 11.5. The zero-order valence-corrected chi connectivity index (χ0v) is 15.7. The number of rotatable bonds is 4. The van der Waals surface area contributed by atoms with Crippen LogP contribution in [0, 0.1) is 0 Å². The smallest absolute Gasteiger partial charge is 0.264 e. The minimum atomic E-state index is -0.0401. The van der Waals surface area contributed by atoms with Gasteiger partial charge in [0.05, 0.1) is 11.4 Å². The van der Waals surface area contributed by atoms with Crippen molar-refractivity contribution in [2.75, 3.05) is 18.1 Å². The molecule has 1 unspecified atom stereocenters. The molecule has 8 heteroatoms. The molecule has 4 rings (SSSR count). The lowest BCUT2D eigenvalue weighted by molar-refractivity contribution is -0.120. The molecule has 0 fully saturated rings. The number of nitrogens with zero attached hydrogens (tertiary/aromatic N) is 5. The number of tetrazole rings is 1. The number of carbonyl (C=O) groups excluding carboxylic acids is 1. The quantitative estimate of drug-likeness (QED) is 0.692. The monoisotopic (exact) mass is 381 g/mol. The van der Waals surface area contributed by atoms with Crippen molar-refractivity contribution >= 4 is 23.4 Å². The van der Waals surface area contributed by atoms with Crippen LogP contribution in [0.2, 0.25) is 0 Å². The standard InChI is InChI=1S/C19H19N5O2S/c1-14-10-11-23(17-4-2-3-5-18(17)27-14)19(25)12-26-16-8-6-15(7-9-16)24-13-20-21-22-24/h2-9,13-14H,10-12H2,1H3. The molecular weight excluding hydrogens is 362 g/mol. The molecular formula is C19H19N5O2S. The molecule has 0 saturated carbocycles. The molecule has 27 heavy (non-hydrogen) atoms. The second-order valence-electron chi connectivity index (χ2n) is 6.27. The molecule has 0 aliphatic carbocycles. The molecule has 2 aromatic carbocycles. The third kappa shape index (κ3) is 3.95. The predicted molar refractivity (Wildman–Crippen MR) is 103 cm³/mol. The van der Waals surface area contributed by atoms with Crippen molar-refractivity contribution in [3.63, 3.8) is 0 Å². The highest BCUT2D eigenvalue weighted by molar-refractivity contribution is 8.00. The molecule has 1 aromatic heterocycles. The Bertz CT molecular complexity index is 914. The van der Waals surface area contributed by atoms with Gasteiger partial charge in [-0.25, -0.2) is 4.68 Å². The Kier molecular flexibility index (Phi) is 5.06. The summed E-state index contributed by atoms with van der Waals surface area (Å²) in [6.07, 6.45) is 2.47. The molecule has 1 aliphatic heterocycles. The summed E-state index contributed by atoms with van der Waals surface area (Å²) in [4.78, 5) is 15.8. The number of thioether (sulfide) groups is 1. The number of para-hydroxylation sites is 1. The van der Waals surface area contributed by atoms with Crippen molar-refractivity contribution in [1.82, 2.24) is 20.2 Å². The Morgan fingerprint density at radius 2 is 2.04 bits per heavy atom. The van der Waals surface area contributed by atoms with Crippen LogP contribution in [0.3, 0.4) is 0 Å². The molecule has 0 radical (unpaired) electrons. The van der Waals surface area contributed by atoms with Crippen LogP contribution in [0.1, 0.15) is 13.3 Å². The highest BCUT2D eigenvalue weighted by Crippen LogP contribution is 2.37. The second-order valence-corrected chi connectivity index (χ2v) is 7.75. The van der Waals surface area contributed by atoms with Crippen LogP contribution in [0.15, 0.2) is 59.8 Å². The third-order valence-corrected chi connectivity index (χ3v) is 5.59. The minimum absolute atomic E-state index is 0.00237. The first-order chi connectivity index (χ1) is 13.2. The highest BCUT2D eigenvalue weighted by Gasteiger charge is 2.24. The molecule has 138 valence electrons. The SMILES string of the molecule is CC1CCN(C(=O)COc2ccc(-n3cnnn3)cc2)c2ccccc2S1. The fraction of sp³-hybridized carbons (Fsp3) is 0.263. The largest absolute Gasteiger partial charge is 0.484 e. The molecule has 1 atom stereocenters. The van der Waals surface area contributed by atoms with Gasteiger partial charge < -0.3 is 9.64 Å². The summed E-state index contributed by atoms with van der Waals surface area (Å²) in [7, 11) is 0. The summed E-state index contributed by atoms with van der Waals surface area (Å²) >= 11 is 1.82. The number of anilines is 1. The van der Waals surface area contributed by atoms with Crippen molar-refractivity contribution in [2.24, 2.45) is 0 Å². The maximum absolute atomic E-state index is 12.8. The van der Waals surface area contributed by atoms with Crippen LogP contribution in [-0.2, 0) is 4.79 Å². The summed E-state index contributed by atoms with van der Waals surface area (Å²) in [5.41, 5.74) is 1.79. The number of fused-ring (bicyclic) bond motifs is 1. The summed E-state index contributed by atoms with van der Waals surface area (Å²) < 4.78 is 7.27. The van der Waals surface area contributed by atoms with E-state index in [0.717, 1.165) is 22.7 Å². The Morgan fingerprint density at radius 3 is 2.81 bits per heavy atom. The normalized spacial score (nSPS) is 16.5. The van der Waals surface area contributed by atoms with E-state index in [0.29, 0.717) is 17.5 Å². The van der Waals surface area contributed by atoms with E-state index in [2.05, 4.69) is 28.5 Å². The van der Waals surface area contributed by atoms with Crippen LogP contribution < -0.4 is 9.64 Å². The van der Waals surface area contributed by atoms with Gasteiger partial charge >= 0.3 is 0 Å². The van der Waals surface area contributed by atoms with E-state index in [-0.39, 0.29) is 12.5 Å². The number of benzene rings is 2. The zero-order valence-electron chi connectivity index (χ0n) is 14.9. The zero-order chi connectivity index (χ0) is 18.6. The number of carbonyl (C=O) groups is 1.